The van der Waals surface area contributed by atoms with Crippen molar-refractivity contribution >= 4 is 27.4 Å². The highest BCUT2D eigenvalue weighted by atomic mass is 32.1. The predicted octanol–water partition coefficient (Wildman–Crippen LogP) is 3.33. The highest BCUT2D eigenvalue weighted by Gasteiger charge is 2.12. The van der Waals surface area contributed by atoms with Crippen molar-refractivity contribution in [2.45, 2.75) is 39.7 Å². The molecule has 1 atom stereocenters. The van der Waals surface area contributed by atoms with Gasteiger partial charge >= 0.3 is 0 Å². The molecule has 0 saturated carbocycles. The monoisotopic (exact) mass is 301 g/mol. The molecule has 0 bridgehead atoms. The number of aryl methyl sites for hydroxylation is 2. The van der Waals surface area contributed by atoms with Crippen LogP contribution in [-0.2, 0) is 12.8 Å². The second kappa shape index (κ2) is 5.81. The molecule has 3 rings (SSSR count). The van der Waals surface area contributed by atoms with Gasteiger partial charge in [-0.1, -0.05) is 6.92 Å². The van der Waals surface area contributed by atoms with Gasteiger partial charge in [-0.2, -0.15) is 5.10 Å². The van der Waals surface area contributed by atoms with E-state index in [9.17, 15) is 0 Å². The summed E-state index contributed by atoms with van der Waals surface area (Å²) in [5.74, 6) is 1.81. The second-order valence-corrected chi connectivity index (χ2v) is 6.17. The molecule has 3 aromatic rings. The number of aromatic amines is 1. The van der Waals surface area contributed by atoms with Gasteiger partial charge in [-0.3, -0.25) is 5.10 Å². The largest absolute Gasteiger partial charge is 0.367 e. The molecular weight excluding hydrogens is 282 g/mol. The van der Waals surface area contributed by atoms with Crippen LogP contribution < -0.4 is 5.32 Å². The number of anilines is 1. The van der Waals surface area contributed by atoms with Crippen LogP contribution in [0, 0.1) is 6.92 Å². The maximum absolute atomic E-state index is 4.63. The fourth-order valence-corrected chi connectivity index (χ4v) is 3.13. The lowest BCUT2D eigenvalue weighted by Crippen LogP contribution is -2.19. The maximum atomic E-state index is 4.63. The molecule has 2 N–H and O–H groups in total. The lowest BCUT2D eigenvalue weighted by atomic mass is 10.1. The number of thiophene rings is 1. The van der Waals surface area contributed by atoms with E-state index >= 15 is 0 Å². The first-order chi connectivity index (χ1) is 10.2. The zero-order valence-electron chi connectivity index (χ0n) is 12.5. The van der Waals surface area contributed by atoms with Gasteiger partial charge in [0.25, 0.3) is 0 Å². The van der Waals surface area contributed by atoms with E-state index in [4.69, 9.17) is 0 Å². The number of hydrogen-bond donors (Lipinski definition) is 2. The summed E-state index contributed by atoms with van der Waals surface area (Å²) in [6.45, 7) is 6.24. The van der Waals surface area contributed by atoms with E-state index in [1.807, 2.05) is 6.92 Å². The van der Waals surface area contributed by atoms with Gasteiger partial charge in [0.05, 0.1) is 11.1 Å². The Kier molecular flexibility index (Phi) is 3.88. The Balaban J connectivity index is 1.81. The van der Waals surface area contributed by atoms with Gasteiger partial charge < -0.3 is 5.32 Å². The van der Waals surface area contributed by atoms with Crippen molar-refractivity contribution < 1.29 is 0 Å². The molecule has 3 aromatic heterocycles. The van der Waals surface area contributed by atoms with Crippen LogP contribution in [-0.4, -0.2) is 26.2 Å². The molecule has 0 aromatic carbocycles. The van der Waals surface area contributed by atoms with E-state index in [2.05, 4.69) is 56.8 Å². The number of rotatable bonds is 5. The van der Waals surface area contributed by atoms with Crippen molar-refractivity contribution in [1.29, 1.82) is 0 Å². The molecule has 0 saturated heterocycles. The fourth-order valence-electron chi connectivity index (χ4n) is 2.34. The van der Waals surface area contributed by atoms with Crippen molar-refractivity contribution in [1.82, 2.24) is 20.2 Å². The molecule has 5 nitrogen and oxygen atoms in total. The molecule has 6 heteroatoms. The second-order valence-electron chi connectivity index (χ2n) is 5.27. The van der Waals surface area contributed by atoms with Gasteiger partial charge in [0.1, 0.15) is 16.5 Å². The van der Waals surface area contributed by atoms with Gasteiger partial charge in [0.15, 0.2) is 0 Å². The van der Waals surface area contributed by atoms with Crippen molar-refractivity contribution in [3.8, 4) is 0 Å². The first kappa shape index (κ1) is 14.0. The average Bonchev–Trinajstić information content (AvgIpc) is 3.07. The third-order valence-electron chi connectivity index (χ3n) is 3.35. The number of H-pyrrole nitrogens is 1. The van der Waals surface area contributed by atoms with E-state index in [1.54, 1.807) is 11.3 Å². The minimum atomic E-state index is 0.260. The van der Waals surface area contributed by atoms with Crippen molar-refractivity contribution in [3.63, 3.8) is 0 Å². The van der Waals surface area contributed by atoms with E-state index in [1.165, 1.54) is 0 Å². The van der Waals surface area contributed by atoms with Crippen LogP contribution in [0.4, 0.5) is 5.82 Å². The van der Waals surface area contributed by atoms with Crippen LogP contribution in [0.2, 0.25) is 0 Å². The smallest absolute Gasteiger partial charge is 0.138 e. The van der Waals surface area contributed by atoms with Crippen LogP contribution in [0.1, 0.15) is 31.1 Å². The third kappa shape index (κ3) is 3.05. The van der Waals surface area contributed by atoms with E-state index in [-0.39, 0.29) is 6.04 Å². The molecule has 3 heterocycles. The molecule has 0 aliphatic carbocycles. The first-order valence-electron chi connectivity index (χ1n) is 7.17. The lowest BCUT2D eigenvalue weighted by Gasteiger charge is -2.14. The normalized spacial score (nSPS) is 12.7. The number of aromatic nitrogens is 4. The van der Waals surface area contributed by atoms with E-state index in [0.29, 0.717) is 0 Å². The van der Waals surface area contributed by atoms with Gasteiger partial charge in [-0.05, 0) is 31.4 Å². The standard InChI is InChI=1S/C15H19N5S/c1-4-13-17-14(12-5-6-21-15(12)18-13)16-9(2)7-11-8-10(3)19-20-11/h5-6,8-9H,4,7H2,1-3H3,(H,19,20)(H,16,17,18). The predicted molar refractivity (Wildman–Crippen MR) is 86.9 cm³/mol. The molecule has 0 amide bonds. The summed E-state index contributed by atoms with van der Waals surface area (Å²) in [4.78, 5) is 10.2. The highest BCUT2D eigenvalue weighted by Crippen LogP contribution is 2.26. The van der Waals surface area contributed by atoms with Crippen LogP contribution in [0.25, 0.3) is 10.2 Å². The highest BCUT2D eigenvalue weighted by molar-refractivity contribution is 7.16. The maximum Gasteiger partial charge on any atom is 0.138 e. The number of fused-ring (bicyclic) bond motifs is 1. The Morgan fingerprint density at radius 1 is 1.38 bits per heavy atom. The minimum absolute atomic E-state index is 0.260. The van der Waals surface area contributed by atoms with E-state index < -0.39 is 0 Å². The first-order valence-corrected chi connectivity index (χ1v) is 8.05. The van der Waals surface area contributed by atoms with Crippen molar-refractivity contribution in [3.05, 3.63) is 34.7 Å². The Morgan fingerprint density at radius 2 is 2.24 bits per heavy atom. The zero-order chi connectivity index (χ0) is 14.8. The topological polar surface area (TPSA) is 66.5 Å². The molecule has 0 fully saturated rings. The zero-order valence-corrected chi connectivity index (χ0v) is 13.3. The van der Waals surface area contributed by atoms with Crippen LogP contribution >= 0.6 is 11.3 Å². The van der Waals surface area contributed by atoms with Gasteiger partial charge in [0.2, 0.25) is 0 Å². The van der Waals surface area contributed by atoms with Gasteiger partial charge in [0, 0.05) is 24.6 Å². The molecule has 0 aliphatic heterocycles. The molecule has 110 valence electrons. The Bertz CT molecular complexity index is 745. The third-order valence-corrected chi connectivity index (χ3v) is 4.15. The van der Waals surface area contributed by atoms with Crippen molar-refractivity contribution in [2.24, 2.45) is 0 Å². The minimum Gasteiger partial charge on any atom is -0.367 e. The summed E-state index contributed by atoms with van der Waals surface area (Å²) in [7, 11) is 0. The van der Waals surface area contributed by atoms with Crippen LogP contribution in [0.15, 0.2) is 17.5 Å². The Morgan fingerprint density at radius 3 is 2.95 bits per heavy atom. The molecule has 21 heavy (non-hydrogen) atoms. The summed E-state index contributed by atoms with van der Waals surface area (Å²) in [5, 5.41) is 13.9. The molecule has 0 aliphatic rings. The summed E-state index contributed by atoms with van der Waals surface area (Å²) in [6, 6.07) is 4.42. The lowest BCUT2D eigenvalue weighted by molar-refractivity contribution is 0.759. The van der Waals surface area contributed by atoms with Crippen molar-refractivity contribution in [2.75, 3.05) is 5.32 Å². The summed E-state index contributed by atoms with van der Waals surface area (Å²) in [6.07, 6.45) is 1.71. The molecule has 1 unspecified atom stereocenters. The fraction of sp³-hybridized carbons (Fsp3) is 0.400. The van der Waals surface area contributed by atoms with E-state index in [0.717, 1.165) is 46.1 Å². The summed E-state index contributed by atoms with van der Waals surface area (Å²) in [5.41, 5.74) is 2.16. The number of nitrogens with zero attached hydrogens (tertiary/aromatic N) is 3. The quantitative estimate of drug-likeness (QED) is 0.758. The van der Waals surface area contributed by atoms with Crippen LogP contribution in [0.5, 0.6) is 0 Å². The average molecular weight is 301 g/mol. The molecule has 0 radical (unpaired) electrons. The summed E-state index contributed by atoms with van der Waals surface area (Å²) >= 11 is 1.66. The number of hydrogen-bond acceptors (Lipinski definition) is 5. The van der Waals surface area contributed by atoms with Gasteiger partial charge in [-0.25, -0.2) is 9.97 Å². The Hall–Kier alpha value is -1.95. The SMILES string of the molecule is CCc1nc(NC(C)Cc2cc(C)[nH]n2)c2ccsc2n1. The van der Waals surface area contributed by atoms with Crippen LogP contribution in [0.3, 0.4) is 0 Å². The summed E-state index contributed by atoms with van der Waals surface area (Å²) < 4.78 is 0. The molecular formula is C15H19N5S. The van der Waals surface area contributed by atoms with Gasteiger partial charge in [-0.15, -0.1) is 11.3 Å². The Labute approximate surface area is 127 Å². The molecule has 0 spiro atoms. The number of nitrogens with one attached hydrogen (secondary N) is 2.